The first-order valence-electron chi connectivity index (χ1n) is 4.94. The van der Waals surface area contributed by atoms with E-state index in [0.717, 1.165) is 32.2 Å². The molecule has 2 aliphatic heterocycles. The molecule has 2 heterocycles. The number of hydrogen-bond donors (Lipinski definition) is 3. The first-order valence-corrected chi connectivity index (χ1v) is 4.94. The van der Waals surface area contributed by atoms with Gasteiger partial charge in [-0.15, -0.1) is 0 Å². The zero-order valence-electron chi connectivity index (χ0n) is 7.68. The van der Waals surface area contributed by atoms with Gasteiger partial charge in [0.05, 0.1) is 6.61 Å². The average Bonchev–Trinajstić information content (AvgIpc) is 2.27. The van der Waals surface area contributed by atoms with E-state index in [9.17, 15) is 9.90 Å². The Hall–Kier alpha value is -0.610. The molecule has 2 saturated heterocycles. The molecule has 2 atom stereocenters. The van der Waals surface area contributed by atoms with Crippen molar-refractivity contribution in [3.8, 4) is 0 Å². The lowest BCUT2D eigenvalue weighted by molar-refractivity contribution is -0.130. The van der Waals surface area contributed by atoms with Crippen LogP contribution < -0.4 is 10.6 Å². The van der Waals surface area contributed by atoms with Crippen LogP contribution >= 0.6 is 0 Å². The number of rotatable bonds is 1. The predicted molar refractivity (Wildman–Crippen MR) is 48.2 cm³/mol. The van der Waals surface area contributed by atoms with E-state index in [1.807, 2.05) is 0 Å². The standard InChI is InChI=1S/C9H16N2O2/c12-6-9-4-1-2-7(11-9)3-5-10-8(9)13/h7,11-12H,1-6H2,(H,10,13). The van der Waals surface area contributed by atoms with Gasteiger partial charge in [0, 0.05) is 12.6 Å². The quantitative estimate of drug-likeness (QED) is 0.509. The highest BCUT2D eigenvalue weighted by atomic mass is 16.3. The summed E-state index contributed by atoms with van der Waals surface area (Å²) in [6, 6.07) is 0.403. The van der Waals surface area contributed by atoms with Crippen molar-refractivity contribution in [3.05, 3.63) is 0 Å². The van der Waals surface area contributed by atoms with Crippen LogP contribution in [-0.4, -0.2) is 35.7 Å². The van der Waals surface area contributed by atoms with Gasteiger partial charge in [0.15, 0.2) is 0 Å². The summed E-state index contributed by atoms with van der Waals surface area (Å²) in [5.41, 5.74) is -0.681. The Morgan fingerprint density at radius 3 is 3.15 bits per heavy atom. The third-order valence-corrected chi connectivity index (χ3v) is 3.12. The van der Waals surface area contributed by atoms with Crippen LogP contribution in [0.5, 0.6) is 0 Å². The number of piperidine rings is 1. The second-order valence-electron chi connectivity index (χ2n) is 4.02. The van der Waals surface area contributed by atoms with Gasteiger partial charge in [-0.1, -0.05) is 0 Å². The first kappa shape index (κ1) is 8.97. The van der Waals surface area contributed by atoms with E-state index in [4.69, 9.17) is 0 Å². The third kappa shape index (κ3) is 1.44. The molecule has 13 heavy (non-hydrogen) atoms. The molecule has 74 valence electrons. The van der Waals surface area contributed by atoms with Crippen molar-refractivity contribution in [3.63, 3.8) is 0 Å². The molecule has 2 aliphatic rings. The Morgan fingerprint density at radius 1 is 1.54 bits per heavy atom. The Bertz CT molecular complexity index is 220. The van der Waals surface area contributed by atoms with Crippen LogP contribution in [0, 0.1) is 0 Å². The van der Waals surface area contributed by atoms with Gasteiger partial charge in [0.1, 0.15) is 5.54 Å². The van der Waals surface area contributed by atoms with Gasteiger partial charge in [0.25, 0.3) is 0 Å². The molecular weight excluding hydrogens is 168 g/mol. The number of carbonyl (C=O) groups excluding carboxylic acids is 1. The maximum absolute atomic E-state index is 11.6. The Morgan fingerprint density at radius 2 is 2.38 bits per heavy atom. The summed E-state index contributed by atoms with van der Waals surface area (Å²) in [4.78, 5) is 11.6. The van der Waals surface area contributed by atoms with Crippen LogP contribution in [0.2, 0.25) is 0 Å². The summed E-state index contributed by atoms with van der Waals surface area (Å²) >= 11 is 0. The number of amides is 1. The van der Waals surface area contributed by atoms with Gasteiger partial charge in [-0.3, -0.25) is 10.1 Å². The van der Waals surface area contributed by atoms with Crippen LogP contribution in [-0.2, 0) is 4.79 Å². The molecule has 2 rings (SSSR count). The fraction of sp³-hybridized carbons (Fsp3) is 0.889. The van der Waals surface area contributed by atoms with Crippen molar-refractivity contribution in [2.45, 2.75) is 37.3 Å². The van der Waals surface area contributed by atoms with E-state index in [0.29, 0.717) is 6.04 Å². The highest BCUT2D eigenvalue weighted by Crippen LogP contribution is 2.25. The number of hydrogen-bond acceptors (Lipinski definition) is 3. The Kier molecular flexibility index (Phi) is 2.26. The van der Waals surface area contributed by atoms with Crippen molar-refractivity contribution in [2.24, 2.45) is 0 Å². The molecule has 4 nitrogen and oxygen atoms in total. The van der Waals surface area contributed by atoms with E-state index >= 15 is 0 Å². The van der Waals surface area contributed by atoms with Crippen LogP contribution in [0.1, 0.15) is 25.7 Å². The molecule has 2 fully saturated rings. The maximum Gasteiger partial charge on any atom is 0.242 e. The summed E-state index contributed by atoms with van der Waals surface area (Å²) in [6.45, 7) is 0.646. The minimum atomic E-state index is -0.681. The molecule has 0 aromatic heterocycles. The molecule has 0 spiro atoms. The lowest BCUT2D eigenvalue weighted by atomic mass is 9.86. The summed E-state index contributed by atoms with van der Waals surface area (Å²) in [5.74, 6) is -0.0304. The fourth-order valence-corrected chi connectivity index (χ4v) is 2.31. The minimum absolute atomic E-state index is 0.0304. The maximum atomic E-state index is 11.6. The highest BCUT2D eigenvalue weighted by Gasteiger charge is 2.43. The SMILES string of the molecule is O=C1NCCC2CCCC1(CO)N2. The molecular formula is C9H16N2O2. The van der Waals surface area contributed by atoms with Gasteiger partial charge >= 0.3 is 0 Å². The highest BCUT2D eigenvalue weighted by molar-refractivity contribution is 5.87. The molecule has 2 unspecified atom stereocenters. The van der Waals surface area contributed by atoms with Crippen LogP contribution in [0.15, 0.2) is 0 Å². The number of carbonyl (C=O) groups is 1. The normalized spacial score (nSPS) is 39.5. The molecule has 4 heteroatoms. The van der Waals surface area contributed by atoms with E-state index in [-0.39, 0.29) is 12.5 Å². The monoisotopic (exact) mass is 184 g/mol. The van der Waals surface area contributed by atoms with E-state index in [1.165, 1.54) is 0 Å². The lowest BCUT2D eigenvalue weighted by Gasteiger charge is -2.37. The average molecular weight is 184 g/mol. The number of aliphatic hydroxyl groups excluding tert-OH is 1. The zero-order valence-corrected chi connectivity index (χ0v) is 7.68. The lowest BCUT2D eigenvalue weighted by Crippen LogP contribution is -2.61. The Balaban J connectivity index is 2.22. The number of fused-ring (bicyclic) bond motifs is 2. The zero-order chi connectivity index (χ0) is 9.31. The van der Waals surface area contributed by atoms with E-state index in [2.05, 4.69) is 10.6 Å². The minimum Gasteiger partial charge on any atom is -0.394 e. The number of aliphatic hydroxyl groups is 1. The van der Waals surface area contributed by atoms with Crippen molar-refractivity contribution in [1.29, 1.82) is 0 Å². The first-order chi connectivity index (χ1) is 6.27. The van der Waals surface area contributed by atoms with Gasteiger partial charge in [-0.05, 0) is 25.7 Å². The van der Waals surface area contributed by atoms with Crippen molar-refractivity contribution in [2.75, 3.05) is 13.2 Å². The predicted octanol–water partition coefficient (Wildman–Crippen LogP) is -0.621. The number of nitrogens with one attached hydrogen (secondary N) is 2. The smallest absolute Gasteiger partial charge is 0.242 e. The second kappa shape index (κ2) is 3.27. The van der Waals surface area contributed by atoms with Gasteiger partial charge < -0.3 is 10.4 Å². The molecule has 0 saturated carbocycles. The third-order valence-electron chi connectivity index (χ3n) is 3.12. The van der Waals surface area contributed by atoms with Crippen molar-refractivity contribution >= 4 is 5.91 Å². The van der Waals surface area contributed by atoms with Crippen LogP contribution in [0.3, 0.4) is 0 Å². The second-order valence-corrected chi connectivity index (χ2v) is 4.02. The Labute approximate surface area is 77.7 Å². The summed E-state index contributed by atoms with van der Waals surface area (Å²) in [5, 5.41) is 15.4. The van der Waals surface area contributed by atoms with Gasteiger partial charge in [-0.25, -0.2) is 0 Å². The summed E-state index contributed by atoms with van der Waals surface area (Å²) < 4.78 is 0. The molecule has 2 bridgehead atoms. The van der Waals surface area contributed by atoms with E-state index < -0.39 is 5.54 Å². The topological polar surface area (TPSA) is 61.4 Å². The molecule has 0 aliphatic carbocycles. The largest absolute Gasteiger partial charge is 0.394 e. The van der Waals surface area contributed by atoms with E-state index in [1.54, 1.807) is 0 Å². The molecule has 0 aromatic rings. The molecule has 3 N–H and O–H groups in total. The molecule has 0 radical (unpaired) electrons. The van der Waals surface area contributed by atoms with Crippen LogP contribution in [0.4, 0.5) is 0 Å². The molecule has 1 amide bonds. The molecule has 0 aromatic carbocycles. The van der Waals surface area contributed by atoms with Crippen molar-refractivity contribution in [1.82, 2.24) is 10.6 Å². The fourth-order valence-electron chi connectivity index (χ4n) is 2.31. The van der Waals surface area contributed by atoms with Crippen molar-refractivity contribution < 1.29 is 9.90 Å². The summed E-state index contributed by atoms with van der Waals surface area (Å²) in [7, 11) is 0. The van der Waals surface area contributed by atoms with Crippen LogP contribution in [0.25, 0.3) is 0 Å². The van der Waals surface area contributed by atoms with Gasteiger partial charge in [0.2, 0.25) is 5.91 Å². The summed E-state index contributed by atoms with van der Waals surface area (Å²) in [6.07, 6.45) is 3.89. The van der Waals surface area contributed by atoms with Gasteiger partial charge in [-0.2, -0.15) is 0 Å².